The molecule has 40 heavy (non-hydrogen) atoms. The third-order valence-corrected chi connectivity index (χ3v) is 7.84. The van der Waals surface area contributed by atoms with Gasteiger partial charge in [0, 0.05) is 35.3 Å². The SMILES string of the molecule is Cc1[nH]c(C)c(-c2ccc(-c3ccc(CN4CCC(c5ccc(OC(F)(F)F)cc5)CC4)cc3)nc2)c(=O)c1Cl. The molecule has 0 saturated carbocycles. The Bertz CT molecular complexity index is 1530. The molecule has 4 aromatic rings. The molecule has 1 aliphatic rings. The lowest BCUT2D eigenvalue weighted by molar-refractivity contribution is -0.274. The van der Waals surface area contributed by atoms with Crippen LogP contribution in [0.3, 0.4) is 0 Å². The minimum absolute atomic E-state index is 0.190. The summed E-state index contributed by atoms with van der Waals surface area (Å²) in [6.07, 6.45) is -1.08. The van der Waals surface area contributed by atoms with Gasteiger partial charge in [0.25, 0.3) is 0 Å². The van der Waals surface area contributed by atoms with Crippen LogP contribution in [0, 0.1) is 13.8 Å². The highest BCUT2D eigenvalue weighted by Gasteiger charge is 2.31. The summed E-state index contributed by atoms with van der Waals surface area (Å²) in [5.74, 6) is 0.132. The summed E-state index contributed by atoms with van der Waals surface area (Å²) < 4.78 is 41.2. The van der Waals surface area contributed by atoms with Crippen molar-refractivity contribution in [1.82, 2.24) is 14.9 Å². The molecule has 2 aromatic carbocycles. The number of likely N-dealkylation sites (tertiary alicyclic amines) is 1. The standard InChI is InChI=1S/C31H29ClF3N3O2/c1-19-28(30(39)29(32)20(2)37-19)25-9-12-27(36-17-25)24-5-3-21(4-6-24)18-38-15-13-23(14-16-38)22-7-10-26(11-8-22)40-31(33,34)35/h3-12,17,23H,13-16,18H2,1-2H3,(H,37,39). The summed E-state index contributed by atoms with van der Waals surface area (Å²) in [6.45, 7) is 6.28. The highest BCUT2D eigenvalue weighted by Crippen LogP contribution is 2.31. The maximum Gasteiger partial charge on any atom is 0.573 e. The number of piperidine rings is 1. The van der Waals surface area contributed by atoms with Crippen LogP contribution in [0.1, 0.15) is 41.3 Å². The smallest absolute Gasteiger partial charge is 0.406 e. The number of H-pyrrole nitrogens is 1. The number of aromatic nitrogens is 2. The largest absolute Gasteiger partial charge is 0.573 e. The molecule has 0 aliphatic carbocycles. The monoisotopic (exact) mass is 567 g/mol. The Morgan fingerprint density at radius 3 is 2.20 bits per heavy atom. The number of halogens is 4. The summed E-state index contributed by atoms with van der Waals surface area (Å²) in [7, 11) is 0. The molecule has 1 saturated heterocycles. The van der Waals surface area contributed by atoms with Gasteiger partial charge >= 0.3 is 6.36 Å². The zero-order chi connectivity index (χ0) is 28.4. The first kappa shape index (κ1) is 27.9. The van der Waals surface area contributed by atoms with E-state index < -0.39 is 6.36 Å². The van der Waals surface area contributed by atoms with Crippen molar-refractivity contribution in [3.8, 4) is 28.1 Å². The molecule has 0 spiro atoms. The van der Waals surface area contributed by atoms with Gasteiger partial charge in [-0.1, -0.05) is 54.1 Å². The van der Waals surface area contributed by atoms with Crippen LogP contribution in [0.15, 0.2) is 71.7 Å². The second-order valence-corrected chi connectivity index (χ2v) is 10.6. The van der Waals surface area contributed by atoms with Gasteiger partial charge in [-0.15, -0.1) is 13.2 Å². The Morgan fingerprint density at radius 2 is 1.60 bits per heavy atom. The molecule has 2 aromatic heterocycles. The molecule has 1 aliphatic heterocycles. The van der Waals surface area contributed by atoms with E-state index in [2.05, 4.69) is 43.9 Å². The number of hydrogen-bond acceptors (Lipinski definition) is 4. The number of alkyl halides is 3. The van der Waals surface area contributed by atoms with E-state index in [1.54, 1.807) is 25.3 Å². The minimum atomic E-state index is -4.68. The van der Waals surface area contributed by atoms with Crippen LogP contribution in [-0.4, -0.2) is 34.3 Å². The first-order valence-electron chi connectivity index (χ1n) is 13.1. The van der Waals surface area contributed by atoms with Gasteiger partial charge in [-0.25, -0.2) is 0 Å². The number of benzene rings is 2. The Labute approximate surface area is 235 Å². The molecule has 1 fully saturated rings. The van der Waals surface area contributed by atoms with Crippen LogP contribution in [-0.2, 0) is 6.54 Å². The maximum absolute atomic E-state index is 12.7. The van der Waals surface area contributed by atoms with E-state index in [9.17, 15) is 18.0 Å². The topological polar surface area (TPSA) is 58.2 Å². The fourth-order valence-electron chi connectivity index (χ4n) is 5.31. The van der Waals surface area contributed by atoms with E-state index in [1.165, 1.54) is 17.7 Å². The molecule has 3 heterocycles. The number of aryl methyl sites for hydroxylation is 2. The summed E-state index contributed by atoms with van der Waals surface area (Å²) >= 11 is 6.17. The zero-order valence-electron chi connectivity index (χ0n) is 22.2. The highest BCUT2D eigenvalue weighted by atomic mass is 35.5. The van der Waals surface area contributed by atoms with Crippen molar-refractivity contribution in [2.75, 3.05) is 13.1 Å². The van der Waals surface area contributed by atoms with Crippen molar-refractivity contribution in [3.05, 3.63) is 105 Å². The number of ether oxygens (including phenoxy) is 1. The maximum atomic E-state index is 12.7. The molecule has 5 rings (SSSR count). The van der Waals surface area contributed by atoms with Gasteiger partial charge in [0.2, 0.25) is 5.43 Å². The molecule has 0 unspecified atom stereocenters. The lowest BCUT2D eigenvalue weighted by Gasteiger charge is -2.32. The van der Waals surface area contributed by atoms with Gasteiger partial charge in [0.05, 0.1) is 11.3 Å². The summed E-state index contributed by atoms with van der Waals surface area (Å²) in [6, 6.07) is 18.3. The van der Waals surface area contributed by atoms with Crippen LogP contribution in [0.4, 0.5) is 13.2 Å². The lowest BCUT2D eigenvalue weighted by Crippen LogP contribution is -2.32. The van der Waals surface area contributed by atoms with E-state index in [-0.39, 0.29) is 16.2 Å². The molecule has 0 atom stereocenters. The van der Waals surface area contributed by atoms with Gasteiger partial charge in [-0.2, -0.15) is 0 Å². The molecule has 0 amide bonds. The first-order valence-corrected chi connectivity index (χ1v) is 13.5. The fourth-order valence-corrected chi connectivity index (χ4v) is 5.46. The number of nitrogens with zero attached hydrogens (tertiary/aromatic N) is 2. The van der Waals surface area contributed by atoms with Gasteiger partial charge in [0.1, 0.15) is 10.8 Å². The second kappa shape index (κ2) is 11.5. The Kier molecular flexibility index (Phi) is 8.01. The highest BCUT2D eigenvalue weighted by molar-refractivity contribution is 6.31. The number of aromatic amines is 1. The molecule has 208 valence electrons. The second-order valence-electron chi connectivity index (χ2n) is 10.2. The van der Waals surface area contributed by atoms with Crippen LogP contribution in [0.2, 0.25) is 5.02 Å². The van der Waals surface area contributed by atoms with Crippen LogP contribution in [0.5, 0.6) is 5.75 Å². The van der Waals surface area contributed by atoms with E-state index in [4.69, 9.17) is 11.6 Å². The van der Waals surface area contributed by atoms with E-state index >= 15 is 0 Å². The van der Waals surface area contributed by atoms with Gasteiger partial charge in [0.15, 0.2) is 0 Å². The number of nitrogens with one attached hydrogen (secondary N) is 1. The number of pyridine rings is 2. The average Bonchev–Trinajstić information content (AvgIpc) is 2.93. The zero-order valence-corrected chi connectivity index (χ0v) is 22.9. The normalized spacial score (nSPS) is 14.8. The van der Waals surface area contributed by atoms with Crippen molar-refractivity contribution in [2.45, 2.75) is 45.5 Å². The molecule has 5 nitrogen and oxygen atoms in total. The quantitative estimate of drug-likeness (QED) is 0.260. The third-order valence-electron chi connectivity index (χ3n) is 7.39. The third kappa shape index (κ3) is 6.40. The molecular formula is C31H29ClF3N3O2. The van der Waals surface area contributed by atoms with E-state index in [0.29, 0.717) is 17.2 Å². The predicted octanol–water partition coefficient (Wildman–Crippen LogP) is 7.65. The van der Waals surface area contributed by atoms with E-state index in [0.717, 1.165) is 60.6 Å². The Hall–Kier alpha value is -3.62. The van der Waals surface area contributed by atoms with Gasteiger partial charge in [-0.05, 0) is 75.0 Å². The minimum Gasteiger partial charge on any atom is -0.406 e. The lowest BCUT2D eigenvalue weighted by atomic mass is 9.89. The van der Waals surface area contributed by atoms with Crippen molar-refractivity contribution in [3.63, 3.8) is 0 Å². The summed E-state index contributed by atoms with van der Waals surface area (Å²) in [5.41, 5.74) is 6.49. The summed E-state index contributed by atoms with van der Waals surface area (Å²) in [4.78, 5) is 22.8. The summed E-state index contributed by atoms with van der Waals surface area (Å²) in [5, 5.41) is 0.193. The Morgan fingerprint density at radius 1 is 0.950 bits per heavy atom. The van der Waals surface area contributed by atoms with Crippen molar-refractivity contribution >= 4 is 11.6 Å². The Balaban J connectivity index is 1.17. The number of rotatable bonds is 6. The fraction of sp³-hybridized carbons (Fsp3) is 0.290. The van der Waals surface area contributed by atoms with Crippen LogP contribution < -0.4 is 10.2 Å². The molecule has 9 heteroatoms. The average molecular weight is 568 g/mol. The molecular weight excluding hydrogens is 539 g/mol. The predicted molar refractivity (Wildman–Crippen MR) is 151 cm³/mol. The van der Waals surface area contributed by atoms with E-state index in [1.807, 2.05) is 19.1 Å². The van der Waals surface area contributed by atoms with Crippen molar-refractivity contribution < 1.29 is 17.9 Å². The van der Waals surface area contributed by atoms with Gasteiger partial charge in [-0.3, -0.25) is 14.7 Å². The van der Waals surface area contributed by atoms with Crippen LogP contribution in [0.25, 0.3) is 22.4 Å². The first-order chi connectivity index (χ1) is 19.1. The molecule has 1 N–H and O–H groups in total. The van der Waals surface area contributed by atoms with Crippen molar-refractivity contribution in [1.29, 1.82) is 0 Å². The van der Waals surface area contributed by atoms with Crippen LogP contribution >= 0.6 is 11.6 Å². The number of hydrogen-bond donors (Lipinski definition) is 1. The van der Waals surface area contributed by atoms with Crippen molar-refractivity contribution in [2.24, 2.45) is 0 Å². The molecule has 0 radical (unpaired) electrons. The molecule has 0 bridgehead atoms. The van der Waals surface area contributed by atoms with Gasteiger partial charge < -0.3 is 9.72 Å².